The SMILES string of the molecule is O=C(Nc1ccccc1OCC(F)(F)F)c1cccc(S(=O)(=O)NC2CCCC2)c1. The molecule has 0 bridgehead atoms. The van der Waals surface area contributed by atoms with Crippen molar-refractivity contribution < 1.29 is 31.1 Å². The van der Waals surface area contributed by atoms with Crippen molar-refractivity contribution in [1.82, 2.24) is 4.72 Å². The molecule has 0 spiro atoms. The molecule has 0 atom stereocenters. The third-order valence-corrected chi connectivity index (χ3v) is 6.13. The Kier molecular flexibility index (Phi) is 6.67. The number of rotatable bonds is 7. The fourth-order valence-corrected chi connectivity index (χ4v) is 4.54. The van der Waals surface area contributed by atoms with Gasteiger partial charge in [0, 0.05) is 11.6 Å². The number of halogens is 3. The quantitative estimate of drug-likeness (QED) is 0.676. The molecule has 2 N–H and O–H groups in total. The van der Waals surface area contributed by atoms with Crippen LogP contribution in [-0.4, -0.2) is 33.1 Å². The molecule has 1 fully saturated rings. The Labute approximate surface area is 172 Å². The molecule has 0 unspecified atom stereocenters. The van der Waals surface area contributed by atoms with E-state index in [0.29, 0.717) is 0 Å². The lowest BCUT2D eigenvalue weighted by molar-refractivity contribution is -0.153. The number of alkyl halides is 3. The molecule has 0 aromatic heterocycles. The van der Waals surface area contributed by atoms with Crippen molar-refractivity contribution in [1.29, 1.82) is 0 Å². The summed E-state index contributed by atoms with van der Waals surface area (Å²) in [5.41, 5.74) is 0.0963. The summed E-state index contributed by atoms with van der Waals surface area (Å²) in [7, 11) is -3.79. The predicted octanol–water partition coefficient (Wildman–Crippen LogP) is 4.10. The second kappa shape index (κ2) is 9.05. The van der Waals surface area contributed by atoms with E-state index in [-0.39, 0.29) is 27.9 Å². The normalized spacial score (nSPS) is 15.2. The number of amides is 1. The van der Waals surface area contributed by atoms with Gasteiger partial charge in [-0.05, 0) is 43.2 Å². The number of carbonyl (C=O) groups is 1. The monoisotopic (exact) mass is 442 g/mol. The maximum Gasteiger partial charge on any atom is 0.422 e. The molecule has 1 amide bonds. The van der Waals surface area contributed by atoms with E-state index in [1.54, 1.807) is 0 Å². The van der Waals surface area contributed by atoms with E-state index in [0.717, 1.165) is 25.7 Å². The lowest BCUT2D eigenvalue weighted by Gasteiger charge is -2.15. The first-order valence-electron chi connectivity index (χ1n) is 9.36. The van der Waals surface area contributed by atoms with Gasteiger partial charge in [-0.15, -0.1) is 0 Å². The summed E-state index contributed by atoms with van der Waals surface area (Å²) in [5.74, 6) is -0.814. The number of hydrogen-bond acceptors (Lipinski definition) is 4. The third-order valence-electron chi connectivity index (χ3n) is 4.61. The summed E-state index contributed by atoms with van der Waals surface area (Å²) in [4.78, 5) is 12.5. The molecule has 30 heavy (non-hydrogen) atoms. The Morgan fingerprint density at radius 3 is 2.47 bits per heavy atom. The molecule has 1 saturated carbocycles. The van der Waals surface area contributed by atoms with Gasteiger partial charge in [0.25, 0.3) is 5.91 Å². The first-order chi connectivity index (χ1) is 14.1. The summed E-state index contributed by atoms with van der Waals surface area (Å²) < 4.78 is 69.8. The van der Waals surface area contributed by atoms with Gasteiger partial charge < -0.3 is 10.1 Å². The molecule has 2 aromatic carbocycles. The number of para-hydroxylation sites is 2. The van der Waals surface area contributed by atoms with Crippen LogP contribution in [0.25, 0.3) is 0 Å². The van der Waals surface area contributed by atoms with Crippen LogP contribution in [-0.2, 0) is 10.0 Å². The largest absolute Gasteiger partial charge is 0.482 e. The van der Waals surface area contributed by atoms with Crippen LogP contribution in [0.1, 0.15) is 36.0 Å². The average Bonchev–Trinajstić information content (AvgIpc) is 3.19. The number of sulfonamides is 1. The van der Waals surface area contributed by atoms with Crippen LogP contribution in [0.3, 0.4) is 0 Å². The summed E-state index contributed by atoms with van der Waals surface area (Å²) >= 11 is 0. The predicted molar refractivity (Wildman–Crippen MR) is 105 cm³/mol. The summed E-state index contributed by atoms with van der Waals surface area (Å²) in [6.45, 7) is -1.50. The molecule has 2 aromatic rings. The molecule has 6 nitrogen and oxygen atoms in total. The van der Waals surface area contributed by atoms with Crippen molar-refractivity contribution in [3.8, 4) is 5.75 Å². The van der Waals surface area contributed by atoms with Crippen molar-refractivity contribution in [3.05, 3.63) is 54.1 Å². The van der Waals surface area contributed by atoms with Crippen LogP contribution in [0.15, 0.2) is 53.4 Å². The minimum atomic E-state index is -4.52. The Bertz CT molecular complexity index is 1000. The molecule has 10 heteroatoms. The summed E-state index contributed by atoms with van der Waals surface area (Å²) in [6, 6.07) is 11.0. The zero-order valence-electron chi connectivity index (χ0n) is 15.9. The van der Waals surface area contributed by atoms with Gasteiger partial charge in [0.05, 0.1) is 10.6 Å². The van der Waals surface area contributed by atoms with Crippen LogP contribution in [0.5, 0.6) is 5.75 Å². The standard InChI is InChI=1S/C20H21F3N2O4S/c21-20(22,23)13-29-18-11-4-3-10-17(18)24-19(26)14-6-5-9-16(12-14)30(27,28)25-15-7-1-2-8-15/h3-6,9-12,15,25H,1-2,7-8,13H2,(H,24,26). The molecule has 0 radical (unpaired) electrons. The molecule has 162 valence electrons. The topological polar surface area (TPSA) is 84.5 Å². The number of ether oxygens (including phenoxy) is 1. The smallest absolute Gasteiger partial charge is 0.422 e. The number of benzene rings is 2. The zero-order valence-corrected chi connectivity index (χ0v) is 16.7. The van der Waals surface area contributed by atoms with Crippen molar-refractivity contribution in [2.45, 2.75) is 42.8 Å². The van der Waals surface area contributed by atoms with Gasteiger partial charge in [0.1, 0.15) is 5.75 Å². The maximum atomic E-state index is 12.6. The van der Waals surface area contributed by atoms with E-state index >= 15 is 0 Å². The van der Waals surface area contributed by atoms with Gasteiger partial charge in [-0.2, -0.15) is 13.2 Å². The van der Waals surface area contributed by atoms with Crippen LogP contribution in [0.2, 0.25) is 0 Å². The van der Waals surface area contributed by atoms with Crippen molar-refractivity contribution >= 4 is 21.6 Å². The first-order valence-corrected chi connectivity index (χ1v) is 10.8. The Morgan fingerprint density at radius 2 is 1.77 bits per heavy atom. The van der Waals surface area contributed by atoms with E-state index in [4.69, 9.17) is 4.74 Å². The lowest BCUT2D eigenvalue weighted by Crippen LogP contribution is -2.32. The van der Waals surface area contributed by atoms with Gasteiger partial charge in [-0.25, -0.2) is 13.1 Å². The number of hydrogen-bond donors (Lipinski definition) is 2. The number of nitrogens with one attached hydrogen (secondary N) is 2. The molecule has 1 aliphatic rings. The fourth-order valence-electron chi connectivity index (χ4n) is 3.19. The number of carbonyl (C=O) groups excluding carboxylic acids is 1. The van der Waals surface area contributed by atoms with Gasteiger partial charge in [-0.3, -0.25) is 4.79 Å². The van der Waals surface area contributed by atoms with Gasteiger partial charge in [0.2, 0.25) is 10.0 Å². The minimum absolute atomic E-state index is 0.0455. The van der Waals surface area contributed by atoms with E-state index in [1.807, 2.05) is 0 Å². The van der Waals surface area contributed by atoms with Crippen LogP contribution >= 0.6 is 0 Å². The molecule has 0 aliphatic heterocycles. The minimum Gasteiger partial charge on any atom is -0.482 e. The fraction of sp³-hybridized carbons (Fsp3) is 0.350. The summed E-state index contributed by atoms with van der Waals surface area (Å²) in [6.07, 6.45) is -1.05. The molecule has 0 heterocycles. The Hall–Kier alpha value is -2.59. The molecular formula is C20H21F3N2O4S. The van der Waals surface area contributed by atoms with Gasteiger partial charge in [-0.1, -0.05) is 31.0 Å². The van der Waals surface area contributed by atoms with Crippen LogP contribution in [0.4, 0.5) is 18.9 Å². The molecule has 1 aliphatic carbocycles. The molecule has 0 saturated heterocycles. The molecular weight excluding hydrogens is 421 g/mol. The number of anilines is 1. The van der Waals surface area contributed by atoms with E-state index < -0.39 is 28.7 Å². The second-order valence-electron chi connectivity index (χ2n) is 6.98. The lowest BCUT2D eigenvalue weighted by atomic mass is 10.2. The van der Waals surface area contributed by atoms with Crippen LogP contribution < -0.4 is 14.8 Å². The van der Waals surface area contributed by atoms with E-state index in [2.05, 4.69) is 10.0 Å². The second-order valence-corrected chi connectivity index (χ2v) is 8.70. The Balaban J connectivity index is 1.75. The highest BCUT2D eigenvalue weighted by Crippen LogP contribution is 2.27. The van der Waals surface area contributed by atoms with Crippen molar-refractivity contribution in [2.24, 2.45) is 0 Å². The van der Waals surface area contributed by atoms with Crippen molar-refractivity contribution in [3.63, 3.8) is 0 Å². The maximum absolute atomic E-state index is 12.6. The van der Waals surface area contributed by atoms with Crippen molar-refractivity contribution in [2.75, 3.05) is 11.9 Å². The van der Waals surface area contributed by atoms with Gasteiger partial charge >= 0.3 is 6.18 Å². The van der Waals surface area contributed by atoms with Crippen LogP contribution in [0, 0.1) is 0 Å². The van der Waals surface area contributed by atoms with E-state index in [1.165, 1.54) is 48.5 Å². The van der Waals surface area contributed by atoms with Gasteiger partial charge in [0.15, 0.2) is 6.61 Å². The highest BCUT2D eigenvalue weighted by molar-refractivity contribution is 7.89. The first kappa shape index (κ1) is 22.1. The third kappa shape index (κ3) is 5.96. The average molecular weight is 442 g/mol. The summed E-state index contributed by atoms with van der Waals surface area (Å²) in [5, 5.41) is 2.47. The Morgan fingerprint density at radius 1 is 1.07 bits per heavy atom. The zero-order chi connectivity index (χ0) is 21.8. The highest BCUT2D eigenvalue weighted by atomic mass is 32.2. The van der Waals surface area contributed by atoms with E-state index in [9.17, 15) is 26.4 Å². The highest BCUT2D eigenvalue weighted by Gasteiger charge is 2.29. The molecule has 3 rings (SSSR count).